The number of amides is 1. The maximum atomic E-state index is 12.7. The molecule has 0 aromatic carbocycles. The second-order valence-corrected chi connectivity index (χ2v) is 7.51. The van der Waals surface area contributed by atoms with Crippen LogP contribution in [0.3, 0.4) is 0 Å². The minimum Gasteiger partial charge on any atom is -0.381 e. The van der Waals surface area contributed by atoms with Crippen LogP contribution in [0, 0.1) is 19.8 Å². The Labute approximate surface area is 159 Å². The Bertz CT molecular complexity index is 769. The minimum absolute atomic E-state index is 0.143. The average molecular weight is 370 g/mol. The predicted octanol–water partition coefficient (Wildman–Crippen LogP) is 2.88. The third-order valence-corrected chi connectivity index (χ3v) is 5.76. The Morgan fingerprint density at radius 3 is 2.41 bits per heavy atom. The van der Waals surface area contributed by atoms with Crippen molar-refractivity contribution in [2.45, 2.75) is 45.4 Å². The largest absolute Gasteiger partial charge is 0.381 e. The third kappa shape index (κ3) is 3.74. The lowest BCUT2D eigenvalue weighted by Gasteiger charge is -2.35. The second kappa shape index (κ2) is 7.76. The number of ether oxygens (including phenoxy) is 1. The molecule has 4 heterocycles. The van der Waals surface area contributed by atoms with E-state index < -0.39 is 0 Å². The van der Waals surface area contributed by atoms with Gasteiger partial charge in [-0.25, -0.2) is 0 Å². The van der Waals surface area contributed by atoms with Gasteiger partial charge in [-0.1, -0.05) is 5.16 Å². The van der Waals surface area contributed by atoms with Crippen molar-refractivity contribution in [3.63, 3.8) is 0 Å². The Morgan fingerprint density at radius 1 is 1.07 bits per heavy atom. The first-order chi connectivity index (χ1) is 13.1. The normalized spacial score (nSPS) is 19.4. The molecule has 7 heteroatoms. The fraction of sp³-hybridized carbons (Fsp3) is 0.600. The molecular weight excluding hydrogens is 344 g/mol. The monoisotopic (exact) mass is 370 g/mol. The van der Waals surface area contributed by atoms with Crippen molar-refractivity contribution in [1.82, 2.24) is 20.0 Å². The van der Waals surface area contributed by atoms with E-state index in [1.54, 1.807) is 6.20 Å². The maximum Gasteiger partial charge on any atom is 0.225 e. The molecule has 2 aromatic rings. The molecule has 0 spiro atoms. The van der Waals surface area contributed by atoms with Gasteiger partial charge < -0.3 is 14.2 Å². The molecule has 0 N–H and O–H groups in total. The number of rotatable bonds is 3. The van der Waals surface area contributed by atoms with Gasteiger partial charge in [0.15, 0.2) is 0 Å². The lowest BCUT2D eigenvalue weighted by molar-refractivity contribution is -0.139. The van der Waals surface area contributed by atoms with Crippen LogP contribution in [0.25, 0.3) is 11.3 Å². The molecule has 2 fully saturated rings. The zero-order valence-electron chi connectivity index (χ0n) is 16.0. The van der Waals surface area contributed by atoms with Crippen LogP contribution in [0.2, 0.25) is 0 Å². The van der Waals surface area contributed by atoms with Gasteiger partial charge in [0.25, 0.3) is 0 Å². The van der Waals surface area contributed by atoms with Crippen molar-refractivity contribution < 1.29 is 14.1 Å². The van der Waals surface area contributed by atoms with Crippen LogP contribution in [-0.4, -0.2) is 52.2 Å². The summed E-state index contributed by atoms with van der Waals surface area (Å²) < 4.78 is 10.6. The van der Waals surface area contributed by atoms with E-state index in [2.05, 4.69) is 15.1 Å². The summed E-state index contributed by atoms with van der Waals surface area (Å²) in [5.74, 6) is 1.56. The summed E-state index contributed by atoms with van der Waals surface area (Å²) in [6, 6.07) is 0. The average Bonchev–Trinajstić information content (AvgIpc) is 3.06. The predicted molar refractivity (Wildman–Crippen MR) is 99.1 cm³/mol. The molecule has 2 aliphatic rings. The number of likely N-dealkylation sites (tertiary alicyclic amines) is 1. The van der Waals surface area contributed by atoms with E-state index in [1.165, 1.54) is 0 Å². The lowest BCUT2D eigenvalue weighted by Crippen LogP contribution is -2.42. The zero-order chi connectivity index (χ0) is 18.8. The molecule has 2 aromatic heterocycles. The Balaban J connectivity index is 1.37. The number of hydrogen-bond acceptors (Lipinski definition) is 6. The second-order valence-electron chi connectivity index (χ2n) is 7.51. The van der Waals surface area contributed by atoms with Crippen molar-refractivity contribution in [3.8, 4) is 11.3 Å². The van der Waals surface area contributed by atoms with E-state index in [1.807, 2.05) is 24.9 Å². The highest BCUT2D eigenvalue weighted by molar-refractivity contribution is 5.79. The third-order valence-electron chi connectivity index (χ3n) is 5.76. The summed E-state index contributed by atoms with van der Waals surface area (Å²) in [5, 5.41) is 3.98. The summed E-state index contributed by atoms with van der Waals surface area (Å²) in [5.41, 5.74) is 3.55. The van der Waals surface area contributed by atoms with E-state index in [0.717, 1.165) is 67.2 Å². The van der Waals surface area contributed by atoms with Gasteiger partial charge in [0.05, 0.1) is 28.8 Å². The van der Waals surface area contributed by atoms with E-state index in [0.29, 0.717) is 25.0 Å². The molecule has 0 aliphatic carbocycles. The molecule has 2 saturated heterocycles. The van der Waals surface area contributed by atoms with Gasteiger partial charge in [-0.15, -0.1) is 0 Å². The lowest BCUT2D eigenvalue weighted by atomic mass is 9.91. The van der Waals surface area contributed by atoms with Gasteiger partial charge in [-0.05, 0) is 39.5 Å². The van der Waals surface area contributed by atoms with Crippen LogP contribution in [0.5, 0.6) is 0 Å². The highest BCUT2D eigenvalue weighted by Gasteiger charge is 2.30. The van der Waals surface area contributed by atoms with Crippen molar-refractivity contribution in [1.29, 1.82) is 0 Å². The van der Waals surface area contributed by atoms with Crippen molar-refractivity contribution in [3.05, 3.63) is 29.5 Å². The van der Waals surface area contributed by atoms with Gasteiger partial charge in [0.2, 0.25) is 5.91 Å². The smallest absolute Gasteiger partial charge is 0.225 e. The van der Waals surface area contributed by atoms with Crippen LogP contribution < -0.4 is 0 Å². The summed E-state index contributed by atoms with van der Waals surface area (Å²) >= 11 is 0. The number of carbonyl (C=O) groups is 1. The van der Waals surface area contributed by atoms with Crippen LogP contribution in [0.15, 0.2) is 16.9 Å². The molecule has 0 bridgehead atoms. The quantitative estimate of drug-likeness (QED) is 0.826. The first-order valence-corrected chi connectivity index (χ1v) is 9.75. The number of hydrogen-bond donors (Lipinski definition) is 0. The van der Waals surface area contributed by atoms with Crippen molar-refractivity contribution in [2.24, 2.45) is 5.92 Å². The van der Waals surface area contributed by atoms with Crippen LogP contribution >= 0.6 is 0 Å². The van der Waals surface area contributed by atoms with Gasteiger partial charge in [-0.3, -0.25) is 14.8 Å². The number of aryl methyl sites for hydroxylation is 2. The van der Waals surface area contributed by atoms with Gasteiger partial charge >= 0.3 is 0 Å². The molecule has 7 nitrogen and oxygen atoms in total. The van der Waals surface area contributed by atoms with E-state index in [-0.39, 0.29) is 5.92 Å². The van der Waals surface area contributed by atoms with E-state index in [9.17, 15) is 4.79 Å². The standard InChI is InChI=1S/C20H26N4O3/c1-13-19(14(2)27-23-13)18-12-21-17(11-22-18)15-3-7-24(8-4-15)20(25)16-5-9-26-10-6-16/h11-12,15-16H,3-10H2,1-2H3. The molecule has 2 aliphatic heterocycles. The molecule has 144 valence electrons. The van der Waals surface area contributed by atoms with E-state index in [4.69, 9.17) is 9.26 Å². The maximum absolute atomic E-state index is 12.7. The van der Waals surface area contributed by atoms with Crippen molar-refractivity contribution >= 4 is 5.91 Å². The summed E-state index contributed by atoms with van der Waals surface area (Å²) in [6.45, 7) is 6.81. The van der Waals surface area contributed by atoms with E-state index >= 15 is 0 Å². The number of carbonyl (C=O) groups excluding carboxylic acids is 1. The van der Waals surface area contributed by atoms with Crippen LogP contribution in [0.4, 0.5) is 0 Å². The van der Waals surface area contributed by atoms with Gasteiger partial charge in [0.1, 0.15) is 5.76 Å². The fourth-order valence-corrected chi connectivity index (χ4v) is 4.12. The molecule has 4 rings (SSSR count). The molecule has 1 amide bonds. The minimum atomic E-state index is 0.143. The van der Waals surface area contributed by atoms with Crippen LogP contribution in [0.1, 0.15) is 48.7 Å². The Morgan fingerprint density at radius 2 is 1.81 bits per heavy atom. The molecular formula is C20H26N4O3. The molecule has 0 radical (unpaired) electrons. The highest BCUT2D eigenvalue weighted by Crippen LogP contribution is 2.30. The topological polar surface area (TPSA) is 81.4 Å². The summed E-state index contributed by atoms with van der Waals surface area (Å²) in [7, 11) is 0. The van der Waals surface area contributed by atoms with Gasteiger partial charge in [0, 0.05) is 44.3 Å². The molecule has 27 heavy (non-hydrogen) atoms. The number of piperidine rings is 1. The van der Waals surface area contributed by atoms with Crippen molar-refractivity contribution in [2.75, 3.05) is 26.3 Å². The summed E-state index contributed by atoms with van der Waals surface area (Å²) in [4.78, 5) is 23.9. The number of aromatic nitrogens is 3. The number of nitrogens with zero attached hydrogens (tertiary/aromatic N) is 4. The highest BCUT2D eigenvalue weighted by atomic mass is 16.5. The fourth-order valence-electron chi connectivity index (χ4n) is 4.12. The first-order valence-electron chi connectivity index (χ1n) is 9.75. The Kier molecular flexibility index (Phi) is 5.20. The van der Waals surface area contributed by atoms with Crippen LogP contribution in [-0.2, 0) is 9.53 Å². The first kappa shape index (κ1) is 18.1. The molecule has 0 saturated carbocycles. The zero-order valence-corrected chi connectivity index (χ0v) is 16.0. The molecule has 0 atom stereocenters. The molecule has 0 unspecified atom stereocenters. The van der Waals surface area contributed by atoms with Gasteiger partial charge in [-0.2, -0.15) is 0 Å². The Hall–Kier alpha value is -2.28. The summed E-state index contributed by atoms with van der Waals surface area (Å²) in [6.07, 6.45) is 7.26. The SMILES string of the molecule is Cc1noc(C)c1-c1cnc(C2CCN(C(=O)C3CCOCC3)CC2)cn1.